The molecule has 0 saturated carbocycles. The minimum atomic E-state index is 0. The Bertz CT molecular complexity index is 520. The Labute approximate surface area is 133 Å². The molecule has 0 aliphatic rings. The summed E-state index contributed by atoms with van der Waals surface area (Å²) in [5.74, 6) is 1.49. The molecule has 0 atom stereocenters. The molecule has 0 radical (unpaired) electrons. The van der Waals surface area contributed by atoms with E-state index in [4.69, 9.17) is 4.74 Å². The van der Waals surface area contributed by atoms with E-state index in [0.29, 0.717) is 5.92 Å². The normalized spacial score (nSPS) is 10.3. The molecule has 0 fully saturated rings. The molecule has 0 unspecified atom stereocenters. The largest absolute Gasteiger partial charge is 0.497 e. The smallest absolute Gasteiger partial charge is 0.118 e. The van der Waals surface area contributed by atoms with Crippen molar-refractivity contribution < 1.29 is 4.74 Å². The van der Waals surface area contributed by atoms with Gasteiger partial charge in [-0.2, -0.15) is 0 Å². The summed E-state index contributed by atoms with van der Waals surface area (Å²) in [6, 6.07) is 17.0. The van der Waals surface area contributed by atoms with Crippen molar-refractivity contribution in [2.75, 3.05) is 7.11 Å². The lowest BCUT2D eigenvalue weighted by Gasteiger charge is -2.08. The second kappa shape index (κ2) is 8.71. The molecule has 0 spiro atoms. The maximum Gasteiger partial charge on any atom is 0.118 e. The number of halogens is 1. The van der Waals surface area contributed by atoms with Gasteiger partial charge in [0.25, 0.3) is 0 Å². The molecule has 0 aromatic heterocycles. The molecule has 114 valence electrons. The van der Waals surface area contributed by atoms with Crippen LogP contribution in [0.25, 0.3) is 0 Å². The highest BCUT2D eigenvalue weighted by Gasteiger charge is 1.99. The first-order valence-corrected chi connectivity index (χ1v) is 7.11. The van der Waals surface area contributed by atoms with E-state index in [0.717, 1.165) is 18.8 Å². The Balaban J connectivity index is 0.00000220. The van der Waals surface area contributed by atoms with Crippen LogP contribution in [0.5, 0.6) is 5.75 Å². The average molecular weight is 306 g/mol. The predicted octanol–water partition coefficient (Wildman–Crippen LogP) is 4.53. The molecule has 0 heterocycles. The fourth-order valence-electron chi connectivity index (χ4n) is 2.11. The van der Waals surface area contributed by atoms with Crippen molar-refractivity contribution in [3.05, 3.63) is 65.2 Å². The topological polar surface area (TPSA) is 21.3 Å². The monoisotopic (exact) mass is 305 g/mol. The highest BCUT2D eigenvalue weighted by molar-refractivity contribution is 5.85. The van der Waals surface area contributed by atoms with Gasteiger partial charge in [-0.25, -0.2) is 0 Å². The van der Waals surface area contributed by atoms with E-state index in [9.17, 15) is 0 Å². The molecule has 0 bridgehead atoms. The zero-order valence-corrected chi connectivity index (χ0v) is 13.7. The van der Waals surface area contributed by atoms with Crippen molar-refractivity contribution in [1.82, 2.24) is 5.32 Å². The maximum absolute atomic E-state index is 5.15. The van der Waals surface area contributed by atoms with E-state index < -0.39 is 0 Å². The summed E-state index contributed by atoms with van der Waals surface area (Å²) in [5, 5.41) is 3.46. The lowest BCUT2D eigenvalue weighted by Crippen LogP contribution is -2.12. The van der Waals surface area contributed by atoms with E-state index in [-0.39, 0.29) is 12.4 Å². The molecule has 0 aliphatic carbocycles. The van der Waals surface area contributed by atoms with Gasteiger partial charge in [-0.1, -0.05) is 50.2 Å². The van der Waals surface area contributed by atoms with Crippen LogP contribution in [-0.2, 0) is 13.1 Å². The third-order valence-corrected chi connectivity index (χ3v) is 3.46. The van der Waals surface area contributed by atoms with E-state index in [1.165, 1.54) is 16.7 Å². The van der Waals surface area contributed by atoms with Gasteiger partial charge in [0, 0.05) is 13.1 Å². The standard InChI is InChI=1S/C18H23NO.ClH/c1-14(2)17-8-4-15(5-9-17)12-19-13-16-6-10-18(20-3)11-7-16;/h4-11,14,19H,12-13H2,1-3H3;1H. The van der Waals surface area contributed by atoms with Crippen LogP contribution in [0.15, 0.2) is 48.5 Å². The van der Waals surface area contributed by atoms with Crippen LogP contribution >= 0.6 is 12.4 Å². The van der Waals surface area contributed by atoms with Crippen LogP contribution in [-0.4, -0.2) is 7.11 Å². The minimum absolute atomic E-state index is 0. The highest BCUT2D eigenvalue weighted by Crippen LogP contribution is 2.15. The van der Waals surface area contributed by atoms with E-state index in [2.05, 4.69) is 55.6 Å². The molecule has 2 aromatic carbocycles. The van der Waals surface area contributed by atoms with Crippen molar-refractivity contribution in [3.8, 4) is 5.75 Å². The van der Waals surface area contributed by atoms with Gasteiger partial charge in [0.2, 0.25) is 0 Å². The van der Waals surface area contributed by atoms with Crippen LogP contribution in [0.4, 0.5) is 0 Å². The first kappa shape index (κ1) is 17.5. The van der Waals surface area contributed by atoms with E-state index in [1.54, 1.807) is 7.11 Å². The summed E-state index contributed by atoms with van der Waals surface area (Å²) in [5.41, 5.74) is 3.98. The number of benzene rings is 2. The van der Waals surface area contributed by atoms with Crippen molar-refractivity contribution in [1.29, 1.82) is 0 Å². The van der Waals surface area contributed by atoms with Gasteiger partial charge < -0.3 is 10.1 Å². The Kier molecular flexibility index (Phi) is 7.27. The third-order valence-electron chi connectivity index (χ3n) is 3.46. The Morgan fingerprint density at radius 1 is 0.857 bits per heavy atom. The van der Waals surface area contributed by atoms with Gasteiger partial charge in [0.15, 0.2) is 0 Å². The van der Waals surface area contributed by atoms with Crippen molar-refractivity contribution >= 4 is 12.4 Å². The molecule has 2 nitrogen and oxygen atoms in total. The minimum Gasteiger partial charge on any atom is -0.497 e. The quantitative estimate of drug-likeness (QED) is 0.846. The number of nitrogens with one attached hydrogen (secondary N) is 1. The van der Waals surface area contributed by atoms with Crippen LogP contribution in [0.2, 0.25) is 0 Å². The molecular formula is C18H24ClNO. The third kappa shape index (κ3) is 5.41. The summed E-state index contributed by atoms with van der Waals surface area (Å²) in [6.07, 6.45) is 0. The molecule has 0 saturated heterocycles. The van der Waals surface area contributed by atoms with Crippen molar-refractivity contribution in [2.45, 2.75) is 32.9 Å². The van der Waals surface area contributed by atoms with E-state index in [1.807, 2.05) is 12.1 Å². The summed E-state index contributed by atoms with van der Waals surface area (Å²) in [6.45, 7) is 6.20. The number of hydrogen-bond donors (Lipinski definition) is 1. The number of rotatable bonds is 6. The SMILES string of the molecule is COc1ccc(CNCc2ccc(C(C)C)cc2)cc1.Cl. The second-order valence-electron chi connectivity index (χ2n) is 5.35. The number of hydrogen-bond acceptors (Lipinski definition) is 2. The molecule has 21 heavy (non-hydrogen) atoms. The summed E-state index contributed by atoms with van der Waals surface area (Å²) >= 11 is 0. The summed E-state index contributed by atoms with van der Waals surface area (Å²) in [4.78, 5) is 0. The lowest BCUT2D eigenvalue weighted by atomic mass is 10.0. The molecular weight excluding hydrogens is 282 g/mol. The van der Waals surface area contributed by atoms with Crippen molar-refractivity contribution in [2.24, 2.45) is 0 Å². The molecule has 0 aliphatic heterocycles. The zero-order valence-electron chi connectivity index (χ0n) is 12.9. The van der Waals surface area contributed by atoms with E-state index >= 15 is 0 Å². The first-order chi connectivity index (χ1) is 9.69. The Hall–Kier alpha value is -1.51. The van der Waals surface area contributed by atoms with Gasteiger partial charge in [-0.3, -0.25) is 0 Å². The van der Waals surface area contributed by atoms with Gasteiger partial charge in [-0.15, -0.1) is 12.4 Å². The van der Waals surface area contributed by atoms with Crippen LogP contribution in [0.1, 0.15) is 36.5 Å². The Morgan fingerprint density at radius 3 is 1.76 bits per heavy atom. The fourth-order valence-corrected chi connectivity index (χ4v) is 2.11. The Morgan fingerprint density at radius 2 is 1.33 bits per heavy atom. The van der Waals surface area contributed by atoms with Crippen LogP contribution in [0, 0.1) is 0 Å². The predicted molar refractivity (Wildman–Crippen MR) is 91.3 cm³/mol. The van der Waals surface area contributed by atoms with Gasteiger partial charge >= 0.3 is 0 Å². The first-order valence-electron chi connectivity index (χ1n) is 7.11. The van der Waals surface area contributed by atoms with Gasteiger partial charge in [-0.05, 0) is 34.7 Å². The van der Waals surface area contributed by atoms with Crippen molar-refractivity contribution in [3.63, 3.8) is 0 Å². The molecule has 0 amide bonds. The fraction of sp³-hybridized carbons (Fsp3) is 0.333. The molecule has 1 N–H and O–H groups in total. The summed E-state index contributed by atoms with van der Waals surface area (Å²) < 4.78 is 5.15. The van der Waals surface area contributed by atoms with Crippen LogP contribution < -0.4 is 10.1 Å². The molecule has 2 rings (SSSR count). The highest BCUT2D eigenvalue weighted by atomic mass is 35.5. The average Bonchev–Trinajstić information content (AvgIpc) is 2.48. The van der Waals surface area contributed by atoms with Gasteiger partial charge in [0.1, 0.15) is 5.75 Å². The summed E-state index contributed by atoms with van der Waals surface area (Å²) in [7, 11) is 1.69. The second-order valence-corrected chi connectivity index (χ2v) is 5.35. The maximum atomic E-state index is 5.15. The number of ether oxygens (including phenoxy) is 1. The number of methoxy groups -OCH3 is 1. The van der Waals surface area contributed by atoms with Gasteiger partial charge in [0.05, 0.1) is 7.11 Å². The van der Waals surface area contributed by atoms with Crippen LogP contribution in [0.3, 0.4) is 0 Å². The zero-order chi connectivity index (χ0) is 14.4. The lowest BCUT2D eigenvalue weighted by molar-refractivity contribution is 0.414. The molecule has 2 aromatic rings. The molecule has 3 heteroatoms.